The molecule has 0 spiro atoms. The van der Waals surface area contributed by atoms with E-state index in [9.17, 15) is 18.0 Å². The third-order valence-corrected chi connectivity index (χ3v) is 7.60. The smallest absolute Gasteiger partial charge is 0.255 e. The summed E-state index contributed by atoms with van der Waals surface area (Å²) in [5.41, 5.74) is 1.32. The third kappa shape index (κ3) is 5.91. The zero-order valence-electron chi connectivity index (χ0n) is 19.1. The average molecular weight is 499 g/mol. The Hall–Kier alpha value is -3.00. The lowest BCUT2D eigenvalue weighted by Crippen LogP contribution is -2.31. The number of halogens is 1. The van der Waals surface area contributed by atoms with Crippen molar-refractivity contribution in [1.29, 1.82) is 0 Å². The fourth-order valence-electron chi connectivity index (χ4n) is 3.46. The van der Waals surface area contributed by atoms with Crippen LogP contribution in [0.4, 0.5) is 5.69 Å². The van der Waals surface area contributed by atoms with Crippen LogP contribution in [-0.2, 0) is 10.0 Å². The number of anilines is 1. The molecule has 0 aliphatic carbocycles. The van der Waals surface area contributed by atoms with Gasteiger partial charge in [0.15, 0.2) is 5.78 Å². The number of hydrogen-bond acceptors (Lipinski definition) is 4. The summed E-state index contributed by atoms with van der Waals surface area (Å²) in [6.07, 6.45) is 1.67. The van der Waals surface area contributed by atoms with Crippen LogP contribution < -0.4 is 5.32 Å². The first-order valence-corrected chi connectivity index (χ1v) is 12.9. The van der Waals surface area contributed by atoms with E-state index < -0.39 is 15.9 Å². The Balaban J connectivity index is 1.82. The number of sulfonamides is 1. The van der Waals surface area contributed by atoms with E-state index in [1.807, 2.05) is 13.0 Å². The summed E-state index contributed by atoms with van der Waals surface area (Å²) in [5, 5.41) is 3.12. The first kappa shape index (κ1) is 25.6. The number of amides is 1. The summed E-state index contributed by atoms with van der Waals surface area (Å²) < 4.78 is 27.2. The number of ketones is 1. The minimum Gasteiger partial charge on any atom is -0.321 e. The van der Waals surface area contributed by atoms with Crippen molar-refractivity contribution in [2.45, 2.75) is 31.6 Å². The molecular formula is C26H27ClN2O4S. The summed E-state index contributed by atoms with van der Waals surface area (Å²) in [6.45, 7) is 4.63. The molecule has 3 aromatic carbocycles. The molecule has 0 aliphatic rings. The van der Waals surface area contributed by atoms with Gasteiger partial charge in [-0.25, -0.2) is 8.42 Å². The van der Waals surface area contributed by atoms with E-state index in [-0.39, 0.29) is 21.8 Å². The molecule has 0 aliphatic heterocycles. The Labute approximate surface area is 205 Å². The largest absolute Gasteiger partial charge is 0.321 e. The van der Waals surface area contributed by atoms with Crippen LogP contribution in [0.5, 0.6) is 0 Å². The second-order valence-electron chi connectivity index (χ2n) is 7.71. The van der Waals surface area contributed by atoms with Crippen molar-refractivity contribution in [2.24, 2.45) is 0 Å². The number of carbonyl (C=O) groups excluding carboxylic acids is 2. The van der Waals surface area contributed by atoms with Crippen LogP contribution in [0.3, 0.4) is 0 Å². The third-order valence-electron chi connectivity index (χ3n) is 5.38. The Morgan fingerprint density at radius 2 is 1.59 bits per heavy atom. The van der Waals surface area contributed by atoms with Gasteiger partial charge in [0.2, 0.25) is 10.0 Å². The number of benzene rings is 3. The Morgan fingerprint density at radius 1 is 0.912 bits per heavy atom. The molecule has 1 amide bonds. The van der Waals surface area contributed by atoms with Gasteiger partial charge in [-0.15, -0.1) is 0 Å². The molecule has 0 heterocycles. The maximum absolute atomic E-state index is 13.0. The summed E-state index contributed by atoms with van der Waals surface area (Å²) in [5.74, 6) is -0.738. The lowest BCUT2D eigenvalue weighted by molar-refractivity contribution is 0.102. The normalized spacial score (nSPS) is 11.4. The summed E-state index contributed by atoms with van der Waals surface area (Å²) in [4.78, 5) is 26.0. The summed E-state index contributed by atoms with van der Waals surface area (Å²) in [7, 11) is -3.64. The van der Waals surface area contributed by atoms with Crippen LogP contribution in [0.15, 0.2) is 77.7 Å². The first-order valence-electron chi connectivity index (χ1n) is 11.1. The van der Waals surface area contributed by atoms with E-state index in [4.69, 9.17) is 11.6 Å². The molecule has 1 N–H and O–H groups in total. The lowest BCUT2D eigenvalue weighted by atomic mass is 10.0. The van der Waals surface area contributed by atoms with Crippen molar-refractivity contribution in [1.82, 2.24) is 4.31 Å². The molecule has 0 aromatic heterocycles. The minimum absolute atomic E-state index is 0.133. The summed E-state index contributed by atoms with van der Waals surface area (Å²) in [6, 6.07) is 19.2. The molecule has 0 atom stereocenters. The number of carbonyl (C=O) groups is 2. The van der Waals surface area contributed by atoms with Crippen LogP contribution >= 0.6 is 11.6 Å². The minimum atomic E-state index is -3.64. The fraction of sp³-hybridized carbons (Fsp3) is 0.231. The van der Waals surface area contributed by atoms with Crippen LogP contribution in [-0.4, -0.2) is 37.5 Å². The van der Waals surface area contributed by atoms with E-state index in [2.05, 4.69) is 5.32 Å². The van der Waals surface area contributed by atoms with Gasteiger partial charge in [-0.2, -0.15) is 4.31 Å². The van der Waals surface area contributed by atoms with Crippen LogP contribution in [0.2, 0.25) is 5.02 Å². The van der Waals surface area contributed by atoms with Gasteiger partial charge in [0, 0.05) is 34.8 Å². The Bertz CT molecular complexity index is 1260. The molecule has 0 saturated carbocycles. The number of unbranched alkanes of at least 4 members (excludes halogenated alkanes) is 1. The van der Waals surface area contributed by atoms with Crippen LogP contribution in [0, 0.1) is 0 Å². The highest BCUT2D eigenvalue weighted by Crippen LogP contribution is 2.25. The van der Waals surface area contributed by atoms with E-state index >= 15 is 0 Å². The highest BCUT2D eigenvalue weighted by atomic mass is 35.5. The highest BCUT2D eigenvalue weighted by molar-refractivity contribution is 7.89. The first-order chi connectivity index (χ1) is 16.3. The SMILES string of the molecule is CCCCN(CC)S(=O)(=O)c1ccc(C(=O)Nc2ccc(Cl)cc2C(=O)c2ccccc2)cc1. The molecule has 8 heteroatoms. The molecule has 0 bridgehead atoms. The zero-order chi connectivity index (χ0) is 24.7. The predicted molar refractivity (Wildman–Crippen MR) is 135 cm³/mol. The van der Waals surface area contributed by atoms with Gasteiger partial charge in [-0.3, -0.25) is 9.59 Å². The second-order valence-corrected chi connectivity index (χ2v) is 10.1. The quantitative estimate of drug-likeness (QED) is 0.367. The number of hydrogen-bond donors (Lipinski definition) is 1. The molecule has 6 nitrogen and oxygen atoms in total. The van der Waals surface area contributed by atoms with E-state index in [1.54, 1.807) is 43.3 Å². The van der Waals surface area contributed by atoms with Crippen LogP contribution in [0.1, 0.15) is 53.0 Å². The van der Waals surface area contributed by atoms with Crippen LogP contribution in [0.25, 0.3) is 0 Å². The summed E-state index contributed by atoms with van der Waals surface area (Å²) >= 11 is 6.11. The number of rotatable bonds is 10. The van der Waals surface area contributed by atoms with Crippen molar-refractivity contribution in [3.05, 3.63) is 94.5 Å². The molecule has 3 rings (SSSR count). The van der Waals surface area contributed by atoms with Gasteiger partial charge in [0.1, 0.15) is 0 Å². The van der Waals surface area contributed by atoms with Gasteiger partial charge < -0.3 is 5.32 Å². The Kier molecular flexibility index (Phi) is 8.61. The molecule has 0 unspecified atom stereocenters. The van der Waals surface area contributed by atoms with Crippen molar-refractivity contribution in [3.63, 3.8) is 0 Å². The number of nitrogens with zero attached hydrogens (tertiary/aromatic N) is 1. The van der Waals surface area contributed by atoms with Gasteiger partial charge in [-0.1, -0.05) is 62.2 Å². The van der Waals surface area contributed by atoms with E-state index in [0.29, 0.717) is 29.4 Å². The average Bonchev–Trinajstić information content (AvgIpc) is 2.85. The topological polar surface area (TPSA) is 83.6 Å². The molecule has 0 saturated heterocycles. The fourth-order valence-corrected chi connectivity index (χ4v) is 5.12. The predicted octanol–water partition coefficient (Wildman–Crippen LogP) is 5.63. The van der Waals surface area contributed by atoms with Gasteiger partial charge in [0.25, 0.3) is 5.91 Å². The zero-order valence-corrected chi connectivity index (χ0v) is 20.7. The van der Waals surface area contributed by atoms with Crippen molar-refractivity contribution >= 4 is 39.0 Å². The maximum atomic E-state index is 13.0. The van der Waals surface area contributed by atoms with Gasteiger partial charge in [0.05, 0.1) is 10.6 Å². The Morgan fingerprint density at radius 3 is 2.21 bits per heavy atom. The van der Waals surface area contributed by atoms with Gasteiger partial charge >= 0.3 is 0 Å². The molecule has 0 fully saturated rings. The molecule has 178 valence electrons. The van der Waals surface area contributed by atoms with E-state index in [0.717, 1.165) is 12.8 Å². The molecule has 3 aromatic rings. The van der Waals surface area contributed by atoms with Crippen molar-refractivity contribution < 1.29 is 18.0 Å². The molecule has 0 radical (unpaired) electrons. The standard InChI is InChI=1S/C26H27ClN2O4S/c1-3-5-17-29(4-2)34(32,33)22-14-11-20(12-15-22)26(31)28-24-16-13-21(27)18-23(24)25(30)19-9-7-6-8-10-19/h6-16,18H,3-5,17H2,1-2H3,(H,28,31). The number of nitrogens with one attached hydrogen (secondary N) is 1. The van der Waals surface area contributed by atoms with Crippen molar-refractivity contribution in [2.75, 3.05) is 18.4 Å². The molecule has 34 heavy (non-hydrogen) atoms. The van der Waals surface area contributed by atoms with Gasteiger partial charge in [-0.05, 0) is 48.9 Å². The lowest BCUT2D eigenvalue weighted by Gasteiger charge is -2.20. The van der Waals surface area contributed by atoms with E-state index in [1.165, 1.54) is 34.6 Å². The second kappa shape index (κ2) is 11.4. The van der Waals surface area contributed by atoms with Crippen molar-refractivity contribution in [3.8, 4) is 0 Å². The maximum Gasteiger partial charge on any atom is 0.255 e. The molecular weight excluding hydrogens is 472 g/mol. The monoisotopic (exact) mass is 498 g/mol. The highest BCUT2D eigenvalue weighted by Gasteiger charge is 2.23.